The molecule has 4 rings (SSSR count). The Kier molecular flexibility index (Phi) is 6.09. The summed E-state index contributed by atoms with van der Waals surface area (Å²) in [5.74, 6) is -0.416. The highest BCUT2D eigenvalue weighted by Crippen LogP contribution is 2.26. The van der Waals surface area contributed by atoms with Crippen LogP contribution in [0.4, 0.5) is 0 Å². The van der Waals surface area contributed by atoms with E-state index in [1.165, 1.54) is 35.6 Å². The van der Waals surface area contributed by atoms with Gasteiger partial charge in [-0.15, -0.1) is 0 Å². The monoisotopic (exact) mass is 477 g/mol. The first-order valence-electron chi connectivity index (χ1n) is 10.1. The zero-order chi connectivity index (χ0) is 22.3. The van der Waals surface area contributed by atoms with E-state index in [-0.39, 0.29) is 10.9 Å². The van der Waals surface area contributed by atoms with Gasteiger partial charge in [-0.25, -0.2) is 8.42 Å². The highest BCUT2D eigenvalue weighted by atomic mass is 35.5. The van der Waals surface area contributed by atoms with Crippen LogP contribution in [0.1, 0.15) is 42.1 Å². The Bertz CT molecular complexity index is 1320. The lowest BCUT2D eigenvalue weighted by Gasteiger charge is -2.32. The molecule has 0 spiro atoms. The predicted octanol–water partition coefficient (Wildman–Crippen LogP) is 4.51. The van der Waals surface area contributed by atoms with Crippen molar-refractivity contribution in [1.29, 1.82) is 0 Å². The molecule has 1 aliphatic rings. The van der Waals surface area contributed by atoms with Crippen LogP contribution in [0.5, 0.6) is 0 Å². The lowest BCUT2D eigenvalue weighted by atomic mass is 10.1. The van der Waals surface area contributed by atoms with Gasteiger partial charge in [0.15, 0.2) is 4.80 Å². The number of piperidine rings is 1. The van der Waals surface area contributed by atoms with Crippen molar-refractivity contribution in [2.75, 3.05) is 6.54 Å². The summed E-state index contributed by atoms with van der Waals surface area (Å²) in [5, 5.41) is 0.643. The number of aryl methyl sites for hydroxylation is 2. The van der Waals surface area contributed by atoms with Gasteiger partial charge in [0.2, 0.25) is 10.0 Å². The van der Waals surface area contributed by atoms with Gasteiger partial charge in [-0.1, -0.05) is 29.4 Å². The molecule has 0 aliphatic carbocycles. The van der Waals surface area contributed by atoms with Gasteiger partial charge in [-0.2, -0.15) is 9.30 Å². The van der Waals surface area contributed by atoms with E-state index >= 15 is 0 Å². The second kappa shape index (κ2) is 8.50. The minimum Gasteiger partial charge on any atom is -0.319 e. The molecule has 0 radical (unpaired) electrons. The number of hydrogen-bond acceptors (Lipinski definition) is 4. The van der Waals surface area contributed by atoms with Crippen molar-refractivity contribution in [3.05, 3.63) is 57.3 Å². The highest BCUT2D eigenvalue weighted by Gasteiger charge is 2.30. The minimum atomic E-state index is -3.57. The topological polar surface area (TPSA) is 71.7 Å². The third-order valence-corrected chi connectivity index (χ3v) is 9.03. The summed E-state index contributed by atoms with van der Waals surface area (Å²) in [5.41, 5.74) is 2.34. The van der Waals surface area contributed by atoms with Crippen molar-refractivity contribution in [3.8, 4) is 0 Å². The number of nitrogens with zero attached hydrogens (tertiary/aromatic N) is 3. The van der Waals surface area contributed by atoms with Gasteiger partial charge in [0.1, 0.15) is 0 Å². The quantitative estimate of drug-likeness (QED) is 0.557. The molecule has 1 aliphatic heterocycles. The average Bonchev–Trinajstić information content (AvgIpc) is 3.03. The van der Waals surface area contributed by atoms with Crippen molar-refractivity contribution in [1.82, 2.24) is 8.87 Å². The van der Waals surface area contributed by atoms with Gasteiger partial charge in [0.05, 0.1) is 15.1 Å². The molecule has 2 aromatic carbocycles. The maximum absolute atomic E-state index is 13.0. The molecule has 1 amide bonds. The second-order valence-corrected chi connectivity index (χ2v) is 11.3. The molecular formula is C22H24ClN3O3S2. The molecule has 164 valence electrons. The normalized spacial score (nSPS) is 18.6. The van der Waals surface area contributed by atoms with Crippen LogP contribution < -0.4 is 4.80 Å². The summed E-state index contributed by atoms with van der Waals surface area (Å²) in [6, 6.07) is 9.78. The van der Waals surface area contributed by atoms with Crippen LogP contribution in [-0.4, -0.2) is 35.8 Å². The zero-order valence-corrected chi connectivity index (χ0v) is 20.0. The van der Waals surface area contributed by atoms with Crippen LogP contribution in [0.2, 0.25) is 5.02 Å². The number of benzene rings is 2. The fourth-order valence-electron chi connectivity index (χ4n) is 4.06. The first kappa shape index (κ1) is 22.2. The number of carbonyl (C=O) groups excluding carboxylic acids is 1. The molecule has 0 N–H and O–H groups in total. The number of carbonyl (C=O) groups is 1. The standard InChI is InChI=1S/C22H24ClN3O3S2/c1-14-12-17(23)13-19-20(14)25(3)22(30-19)24-21(27)16-7-9-18(10-8-16)31(28,29)26-11-5-4-6-15(26)2/h7-10,12-13,15H,4-6,11H2,1-3H3. The zero-order valence-electron chi connectivity index (χ0n) is 17.6. The molecule has 9 heteroatoms. The number of sulfonamides is 1. The van der Waals surface area contributed by atoms with Crippen LogP contribution in [0.3, 0.4) is 0 Å². The van der Waals surface area contributed by atoms with Gasteiger partial charge in [-0.3, -0.25) is 4.79 Å². The molecule has 1 fully saturated rings. The Morgan fingerprint density at radius 1 is 1.19 bits per heavy atom. The molecule has 1 atom stereocenters. The molecule has 31 heavy (non-hydrogen) atoms. The number of thiazole rings is 1. The summed E-state index contributed by atoms with van der Waals surface area (Å²) >= 11 is 7.54. The van der Waals surface area contributed by atoms with Crippen LogP contribution in [0, 0.1) is 6.92 Å². The van der Waals surface area contributed by atoms with E-state index in [1.807, 2.05) is 37.6 Å². The number of amides is 1. The van der Waals surface area contributed by atoms with E-state index in [4.69, 9.17) is 11.6 Å². The van der Waals surface area contributed by atoms with Crippen LogP contribution in [0.15, 0.2) is 46.3 Å². The van der Waals surface area contributed by atoms with Crippen molar-refractivity contribution >= 4 is 49.1 Å². The van der Waals surface area contributed by atoms with Gasteiger partial charge in [-0.05, 0) is 68.7 Å². The minimum absolute atomic E-state index is 0.0139. The summed E-state index contributed by atoms with van der Waals surface area (Å²) in [6.45, 7) is 4.44. The van der Waals surface area contributed by atoms with Gasteiger partial charge in [0.25, 0.3) is 5.91 Å². The molecule has 1 aromatic heterocycles. The number of rotatable bonds is 3. The van der Waals surface area contributed by atoms with Crippen molar-refractivity contribution in [2.24, 2.45) is 12.0 Å². The lowest BCUT2D eigenvalue weighted by Crippen LogP contribution is -2.41. The fraction of sp³-hybridized carbons (Fsp3) is 0.364. The van der Waals surface area contributed by atoms with E-state index in [0.717, 1.165) is 35.0 Å². The Hall–Kier alpha value is -2.00. The molecular weight excluding hydrogens is 454 g/mol. The molecule has 6 nitrogen and oxygen atoms in total. The smallest absolute Gasteiger partial charge is 0.279 e. The maximum Gasteiger partial charge on any atom is 0.279 e. The van der Waals surface area contributed by atoms with E-state index in [1.54, 1.807) is 4.31 Å². The van der Waals surface area contributed by atoms with Crippen molar-refractivity contribution < 1.29 is 13.2 Å². The third-order valence-electron chi connectivity index (χ3n) is 5.70. The fourth-order valence-corrected chi connectivity index (χ4v) is 7.23. The number of hydrogen-bond donors (Lipinski definition) is 0. The third kappa shape index (κ3) is 4.22. The Labute approximate surface area is 190 Å². The van der Waals surface area contributed by atoms with E-state index < -0.39 is 15.9 Å². The molecule has 3 aromatic rings. The predicted molar refractivity (Wildman–Crippen MR) is 124 cm³/mol. The Morgan fingerprint density at radius 2 is 1.90 bits per heavy atom. The molecule has 1 unspecified atom stereocenters. The van der Waals surface area contributed by atoms with Gasteiger partial charge < -0.3 is 4.57 Å². The number of aromatic nitrogens is 1. The Morgan fingerprint density at radius 3 is 2.58 bits per heavy atom. The van der Waals surface area contributed by atoms with E-state index in [0.29, 0.717) is 21.9 Å². The van der Waals surface area contributed by atoms with E-state index in [2.05, 4.69) is 4.99 Å². The molecule has 1 saturated heterocycles. The van der Waals surface area contributed by atoms with Crippen molar-refractivity contribution in [2.45, 2.75) is 44.0 Å². The summed E-state index contributed by atoms with van der Waals surface area (Å²) in [6.07, 6.45) is 2.78. The molecule has 0 saturated carbocycles. The molecule has 0 bridgehead atoms. The first-order chi connectivity index (χ1) is 14.7. The summed E-state index contributed by atoms with van der Waals surface area (Å²) < 4.78 is 30.3. The first-order valence-corrected chi connectivity index (χ1v) is 12.8. The average molecular weight is 478 g/mol. The van der Waals surface area contributed by atoms with Crippen molar-refractivity contribution in [3.63, 3.8) is 0 Å². The number of fused-ring (bicyclic) bond motifs is 1. The van der Waals surface area contributed by atoms with Crippen LogP contribution in [-0.2, 0) is 17.1 Å². The SMILES string of the molecule is Cc1cc(Cl)cc2sc(=NC(=O)c3ccc(S(=O)(=O)N4CCCCC4C)cc3)n(C)c12. The second-order valence-electron chi connectivity index (χ2n) is 7.91. The maximum atomic E-state index is 13.0. The Balaban J connectivity index is 1.64. The van der Waals surface area contributed by atoms with Crippen LogP contribution in [0.25, 0.3) is 10.2 Å². The van der Waals surface area contributed by atoms with Gasteiger partial charge in [0, 0.05) is 30.2 Å². The van der Waals surface area contributed by atoms with Gasteiger partial charge >= 0.3 is 0 Å². The van der Waals surface area contributed by atoms with E-state index in [9.17, 15) is 13.2 Å². The summed E-state index contributed by atoms with van der Waals surface area (Å²) in [7, 11) is -1.71. The molecule has 2 heterocycles. The highest BCUT2D eigenvalue weighted by molar-refractivity contribution is 7.89. The largest absolute Gasteiger partial charge is 0.319 e. The number of halogens is 1. The lowest BCUT2D eigenvalue weighted by molar-refractivity contribution is 0.0998. The summed E-state index contributed by atoms with van der Waals surface area (Å²) in [4.78, 5) is 17.8. The van der Waals surface area contributed by atoms with Crippen LogP contribution >= 0.6 is 22.9 Å².